The zero-order valence-electron chi connectivity index (χ0n) is 9.13. The van der Waals surface area contributed by atoms with Crippen molar-refractivity contribution in [2.75, 3.05) is 6.61 Å². The van der Waals surface area contributed by atoms with Crippen LogP contribution in [0.1, 0.15) is 24.5 Å². The van der Waals surface area contributed by atoms with E-state index in [0.29, 0.717) is 25.3 Å². The Bertz CT molecular complexity index is 366. The Hall–Kier alpha value is -0.540. The molecule has 0 heterocycles. The Labute approximate surface area is 109 Å². The summed E-state index contributed by atoms with van der Waals surface area (Å²) < 4.78 is 5.88. The molecule has 0 aliphatic heterocycles. The molecule has 1 aromatic rings. The largest absolute Gasteiger partial charge is 0.466 e. The number of esters is 1. The van der Waals surface area contributed by atoms with Gasteiger partial charge in [-0.3, -0.25) is 4.79 Å². The number of ether oxygens (including phenoxy) is 1. The SMILES string of the molecule is CCOC(=O)CCc1cc(Br)ccc1CCl. The van der Waals surface area contributed by atoms with E-state index in [1.165, 1.54) is 0 Å². The van der Waals surface area contributed by atoms with Crippen molar-refractivity contribution in [1.82, 2.24) is 0 Å². The van der Waals surface area contributed by atoms with Gasteiger partial charge in [0.05, 0.1) is 6.61 Å². The zero-order valence-corrected chi connectivity index (χ0v) is 11.5. The summed E-state index contributed by atoms with van der Waals surface area (Å²) in [6.45, 7) is 2.24. The molecule has 88 valence electrons. The third-order valence-corrected chi connectivity index (χ3v) is 3.00. The first-order chi connectivity index (χ1) is 7.67. The van der Waals surface area contributed by atoms with Crippen molar-refractivity contribution in [3.05, 3.63) is 33.8 Å². The van der Waals surface area contributed by atoms with Crippen molar-refractivity contribution in [2.24, 2.45) is 0 Å². The van der Waals surface area contributed by atoms with Gasteiger partial charge in [0.15, 0.2) is 0 Å². The van der Waals surface area contributed by atoms with Crippen LogP contribution in [0.2, 0.25) is 0 Å². The van der Waals surface area contributed by atoms with Crippen LogP contribution in [0.4, 0.5) is 0 Å². The van der Waals surface area contributed by atoms with Crippen LogP contribution in [0.15, 0.2) is 22.7 Å². The van der Waals surface area contributed by atoms with Crippen LogP contribution in [-0.4, -0.2) is 12.6 Å². The van der Waals surface area contributed by atoms with Gasteiger partial charge in [-0.1, -0.05) is 22.0 Å². The fourth-order valence-electron chi connectivity index (χ4n) is 1.43. The van der Waals surface area contributed by atoms with Gasteiger partial charge in [0.2, 0.25) is 0 Å². The predicted molar refractivity (Wildman–Crippen MR) is 68.7 cm³/mol. The van der Waals surface area contributed by atoms with Gasteiger partial charge < -0.3 is 4.74 Å². The zero-order chi connectivity index (χ0) is 12.0. The lowest BCUT2D eigenvalue weighted by Gasteiger charge is -2.07. The van der Waals surface area contributed by atoms with Crippen LogP contribution >= 0.6 is 27.5 Å². The Morgan fingerprint density at radius 1 is 1.44 bits per heavy atom. The average molecular weight is 306 g/mol. The summed E-state index contributed by atoms with van der Waals surface area (Å²) in [5.74, 6) is 0.300. The summed E-state index contributed by atoms with van der Waals surface area (Å²) in [4.78, 5) is 11.2. The van der Waals surface area contributed by atoms with Gasteiger partial charge in [0, 0.05) is 16.8 Å². The summed E-state index contributed by atoms with van der Waals surface area (Å²) in [5.41, 5.74) is 2.16. The molecular weight excluding hydrogens is 291 g/mol. The van der Waals surface area contributed by atoms with Crippen molar-refractivity contribution < 1.29 is 9.53 Å². The van der Waals surface area contributed by atoms with E-state index in [4.69, 9.17) is 16.3 Å². The molecule has 0 saturated carbocycles. The number of carbonyl (C=O) groups is 1. The van der Waals surface area contributed by atoms with Crippen molar-refractivity contribution >= 4 is 33.5 Å². The van der Waals surface area contributed by atoms with Crippen LogP contribution in [-0.2, 0) is 21.8 Å². The molecule has 4 heteroatoms. The summed E-state index contributed by atoms with van der Waals surface area (Å²) in [7, 11) is 0. The van der Waals surface area contributed by atoms with Gasteiger partial charge in [0.1, 0.15) is 0 Å². The molecule has 0 amide bonds. The fourth-order valence-corrected chi connectivity index (χ4v) is 2.10. The molecule has 1 aromatic carbocycles. The van der Waals surface area contributed by atoms with Gasteiger partial charge in [0.25, 0.3) is 0 Å². The van der Waals surface area contributed by atoms with E-state index in [2.05, 4.69) is 15.9 Å². The Balaban J connectivity index is 2.65. The third kappa shape index (κ3) is 4.14. The molecule has 0 atom stereocenters. The lowest BCUT2D eigenvalue weighted by molar-refractivity contribution is -0.143. The number of hydrogen-bond donors (Lipinski definition) is 0. The van der Waals surface area contributed by atoms with E-state index < -0.39 is 0 Å². The molecule has 0 aromatic heterocycles. The minimum Gasteiger partial charge on any atom is -0.466 e. The highest BCUT2D eigenvalue weighted by Gasteiger charge is 2.06. The summed E-state index contributed by atoms with van der Waals surface area (Å²) in [6, 6.07) is 5.92. The molecule has 16 heavy (non-hydrogen) atoms. The standard InChI is InChI=1S/C12H14BrClO2/c1-2-16-12(15)6-4-9-7-11(13)5-3-10(9)8-14/h3,5,7H,2,4,6,8H2,1H3. The molecule has 2 nitrogen and oxygen atoms in total. The summed E-state index contributed by atoms with van der Waals surface area (Å²) in [6.07, 6.45) is 1.06. The van der Waals surface area contributed by atoms with Gasteiger partial charge in [-0.05, 0) is 36.6 Å². The van der Waals surface area contributed by atoms with Crippen LogP contribution < -0.4 is 0 Å². The predicted octanol–water partition coefficient (Wildman–Crippen LogP) is 3.68. The second-order valence-corrected chi connectivity index (χ2v) is 4.53. The number of alkyl halides is 1. The second kappa shape index (κ2) is 6.92. The highest BCUT2D eigenvalue weighted by molar-refractivity contribution is 9.10. The number of hydrogen-bond acceptors (Lipinski definition) is 2. The summed E-state index contributed by atoms with van der Waals surface area (Å²) in [5, 5.41) is 0. The Kier molecular flexibility index (Phi) is 5.85. The molecule has 0 bridgehead atoms. The molecule has 0 aliphatic carbocycles. The van der Waals surface area contributed by atoms with E-state index in [0.717, 1.165) is 15.6 Å². The number of carbonyl (C=O) groups excluding carboxylic acids is 1. The van der Waals surface area contributed by atoms with Crippen LogP contribution in [0.3, 0.4) is 0 Å². The Morgan fingerprint density at radius 2 is 2.19 bits per heavy atom. The molecule has 0 unspecified atom stereocenters. The highest BCUT2D eigenvalue weighted by atomic mass is 79.9. The number of rotatable bonds is 5. The van der Waals surface area contributed by atoms with Crippen molar-refractivity contribution in [2.45, 2.75) is 25.6 Å². The maximum atomic E-state index is 11.2. The van der Waals surface area contributed by atoms with Gasteiger partial charge in [-0.25, -0.2) is 0 Å². The van der Waals surface area contributed by atoms with Crippen LogP contribution in [0.25, 0.3) is 0 Å². The number of aryl methyl sites for hydroxylation is 1. The molecule has 0 spiro atoms. The van der Waals surface area contributed by atoms with Gasteiger partial charge in [-0.2, -0.15) is 0 Å². The lowest BCUT2D eigenvalue weighted by Crippen LogP contribution is -2.06. The molecule has 0 fully saturated rings. The molecule has 0 aliphatic rings. The molecule has 0 saturated heterocycles. The topological polar surface area (TPSA) is 26.3 Å². The quantitative estimate of drug-likeness (QED) is 0.613. The second-order valence-electron chi connectivity index (χ2n) is 3.35. The monoisotopic (exact) mass is 304 g/mol. The van der Waals surface area contributed by atoms with Crippen molar-refractivity contribution in [3.8, 4) is 0 Å². The van der Waals surface area contributed by atoms with Gasteiger partial charge >= 0.3 is 5.97 Å². The van der Waals surface area contributed by atoms with E-state index in [9.17, 15) is 4.79 Å². The third-order valence-electron chi connectivity index (χ3n) is 2.22. The van der Waals surface area contributed by atoms with E-state index in [1.807, 2.05) is 18.2 Å². The minimum absolute atomic E-state index is 0.164. The summed E-state index contributed by atoms with van der Waals surface area (Å²) >= 11 is 9.23. The normalized spacial score (nSPS) is 10.2. The molecule has 0 N–H and O–H groups in total. The van der Waals surface area contributed by atoms with E-state index in [1.54, 1.807) is 6.92 Å². The number of halogens is 2. The van der Waals surface area contributed by atoms with Crippen LogP contribution in [0, 0.1) is 0 Å². The van der Waals surface area contributed by atoms with E-state index >= 15 is 0 Å². The smallest absolute Gasteiger partial charge is 0.306 e. The first-order valence-electron chi connectivity index (χ1n) is 5.16. The Morgan fingerprint density at radius 3 is 2.81 bits per heavy atom. The van der Waals surface area contributed by atoms with Crippen LogP contribution in [0.5, 0.6) is 0 Å². The molecule has 0 radical (unpaired) electrons. The maximum absolute atomic E-state index is 11.2. The highest BCUT2D eigenvalue weighted by Crippen LogP contribution is 2.19. The lowest BCUT2D eigenvalue weighted by atomic mass is 10.0. The average Bonchev–Trinajstić information content (AvgIpc) is 2.27. The fraction of sp³-hybridized carbons (Fsp3) is 0.417. The van der Waals surface area contributed by atoms with Gasteiger partial charge in [-0.15, -0.1) is 11.6 Å². The molecule has 1 rings (SSSR count). The maximum Gasteiger partial charge on any atom is 0.306 e. The first kappa shape index (κ1) is 13.5. The minimum atomic E-state index is -0.164. The molecular formula is C12H14BrClO2. The van der Waals surface area contributed by atoms with Crippen molar-refractivity contribution in [1.29, 1.82) is 0 Å². The van der Waals surface area contributed by atoms with E-state index in [-0.39, 0.29) is 5.97 Å². The first-order valence-corrected chi connectivity index (χ1v) is 6.49. The van der Waals surface area contributed by atoms with Crippen molar-refractivity contribution in [3.63, 3.8) is 0 Å². The number of benzene rings is 1.